The smallest absolute Gasteiger partial charge is 0.302 e. The summed E-state index contributed by atoms with van der Waals surface area (Å²) in [5, 5.41) is 0. The molecule has 5 rings (SSSR count). The van der Waals surface area contributed by atoms with Gasteiger partial charge in [0.25, 0.3) is 0 Å². The molecule has 3 heteroatoms. The molecule has 36 heavy (non-hydrogen) atoms. The van der Waals surface area contributed by atoms with E-state index in [1.165, 1.54) is 37.7 Å². The van der Waals surface area contributed by atoms with Gasteiger partial charge in [-0.2, -0.15) is 0 Å². The molecule has 0 radical (unpaired) electrons. The van der Waals surface area contributed by atoms with E-state index in [1.807, 2.05) is 0 Å². The van der Waals surface area contributed by atoms with E-state index in [9.17, 15) is 9.59 Å². The van der Waals surface area contributed by atoms with Crippen LogP contribution in [0.15, 0.2) is 23.8 Å². The van der Waals surface area contributed by atoms with Gasteiger partial charge < -0.3 is 4.74 Å². The van der Waals surface area contributed by atoms with Crippen LogP contribution < -0.4 is 0 Å². The number of rotatable bonds is 3. The Morgan fingerprint density at radius 3 is 2.31 bits per heavy atom. The fourth-order valence-corrected chi connectivity index (χ4v) is 11.3. The standard InChI is InChI=1S/C33H50O3/c1-10-21-18-33(9)23(29-22(21)17-24(35)28(29)19(2)3)11-12-26-31(7)15-14-27(36-20(4)34)30(5,6)25(31)13-16-32(26,33)8/h10,19,21-23,25-27H,1,11-18H2,2-9H3/t21-,22?,23+,25-,26+,27-,31-,32+,33+/m0/s1. The molecular formula is C33H50O3. The van der Waals surface area contributed by atoms with Gasteiger partial charge in [0, 0.05) is 18.8 Å². The summed E-state index contributed by atoms with van der Waals surface area (Å²) in [6.07, 6.45) is 11.1. The van der Waals surface area contributed by atoms with Crippen molar-refractivity contribution >= 4 is 11.8 Å². The van der Waals surface area contributed by atoms with Crippen LogP contribution in [0.25, 0.3) is 0 Å². The first-order chi connectivity index (χ1) is 16.7. The Morgan fingerprint density at radius 2 is 1.69 bits per heavy atom. The second kappa shape index (κ2) is 8.31. The van der Waals surface area contributed by atoms with Crippen molar-refractivity contribution in [1.29, 1.82) is 0 Å². The van der Waals surface area contributed by atoms with Crippen molar-refractivity contribution < 1.29 is 14.3 Å². The molecule has 0 aromatic rings. The molecule has 5 aliphatic carbocycles. The third-order valence-electron chi connectivity index (χ3n) is 13.0. The first-order valence-electron chi connectivity index (χ1n) is 14.8. The summed E-state index contributed by atoms with van der Waals surface area (Å²) in [5.74, 6) is 3.11. The molecule has 0 aromatic carbocycles. The van der Waals surface area contributed by atoms with Gasteiger partial charge in [-0.15, -0.1) is 6.58 Å². The van der Waals surface area contributed by atoms with Crippen molar-refractivity contribution in [2.75, 3.05) is 0 Å². The maximum absolute atomic E-state index is 13.3. The van der Waals surface area contributed by atoms with E-state index in [4.69, 9.17) is 4.74 Å². The summed E-state index contributed by atoms with van der Waals surface area (Å²) < 4.78 is 5.90. The molecule has 0 heterocycles. The van der Waals surface area contributed by atoms with Crippen LogP contribution in [0, 0.1) is 57.2 Å². The zero-order chi connectivity index (χ0) is 26.4. The van der Waals surface area contributed by atoms with E-state index < -0.39 is 0 Å². The highest BCUT2D eigenvalue weighted by Crippen LogP contribution is 2.76. The quantitative estimate of drug-likeness (QED) is 0.295. The van der Waals surface area contributed by atoms with Crippen LogP contribution in [-0.4, -0.2) is 17.9 Å². The molecule has 0 aliphatic heterocycles. The monoisotopic (exact) mass is 494 g/mol. The normalized spacial score (nSPS) is 47.5. The largest absolute Gasteiger partial charge is 0.462 e. The molecular weight excluding hydrogens is 444 g/mol. The number of ketones is 1. The zero-order valence-electron chi connectivity index (χ0n) is 24.2. The van der Waals surface area contributed by atoms with Gasteiger partial charge in [0.05, 0.1) is 0 Å². The number of allylic oxidation sites excluding steroid dienone is 3. The summed E-state index contributed by atoms with van der Waals surface area (Å²) in [7, 11) is 0. The predicted molar refractivity (Wildman–Crippen MR) is 145 cm³/mol. The molecule has 0 spiro atoms. The molecule has 0 aromatic heterocycles. The maximum atomic E-state index is 13.3. The van der Waals surface area contributed by atoms with E-state index >= 15 is 0 Å². The molecule has 5 aliphatic rings. The molecule has 4 fully saturated rings. The molecule has 4 saturated carbocycles. The van der Waals surface area contributed by atoms with Crippen LogP contribution in [0.1, 0.15) is 107 Å². The van der Waals surface area contributed by atoms with Crippen molar-refractivity contribution in [2.24, 2.45) is 57.2 Å². The third kappa shape index (κ3) is 3.29. The van der Waals surface area contributed by atoms with Gasteiger partial charge in [0.1, 0.15) is 6.10 Å². The lowest BCUT2D eigenvalue weighted by atomic mass is 9.33. The number of carbonyl (C=O) groups is 2. The SMILES string of the molecule is C=C[C@H]1C[C@]2(C)[C@H](CC[C@@H]3[C@@]4(C)CC[C@H](OC(C)=O)C(C)(C)[C@@H]4CC[C@]32C)C2=C(C(C)C)C(=O)CC21. The van der Waals surface area contributed by atoms with Crippen molar-refractivity contribution in [3.8, 4) is 0 Å². The van der Waals surface area contributed by atoms with Crippen molar-refractivity contribution in [1.82, 2.24) is 0 Å². The summed E-state index contributed by atoms with van der Waals surface area (Å²) in [4.78, 5) is 25.2. The lowest BCUT2D eigenvalue weighted by molar-refractivity contribution is -0.232. The van der Waals surface area contributed by atoms with Crippen molar-refractivity contribution in [3.63, 3.8) is 0 Å². The van der Waals surface area contributed by atoms with Gasteiger partial charge in [-0.05, 0) is 102 Å². The Morgan fingerprint density at radius 1 is 1.00 bits per heavy atom. The van der Waals surface area contributed by atoms with Gasteiger partial charge in [-0.25, -0.2) is 0 Å². The number of fused-ring (bicyclic) bond motifs is 7. The Balaban J connectivity index is 1.57. The number of ether oxygens (including phenoxy) is 1. The fraction of sp³-hybridized carbons (Fsp3) is 0.818. The Labute approximate surface area is 219 Å². The van der Waals surface area contributed by atoms with Gasteiger partial charge in [-0.3, -0.25) is 9.59 Å². The van der Waals surface area contributed by atoms with Crippen molar-refractivity contribution in [2.45, 2.75) is 113 Å². The highest BCUT2D eigenvalue weighted by atomic mass is 16.5. The van der Waals surface area contributed by atoms with E-state index in [2.05, 4.69) is 61.1 Å². The summed E-state index contributed by atoms with van der Waals surface area (Å²) in [6, 6.07) is 0. The molecule has 200 valence electrons. The van der Waals surface area contributed by atoms with Crippen LogP contribution in [0.2, 0.25) is 0 Å². The van der Waals surface area contributed by atoms with E-state index in [0.29, 0.717) is 47.7 Å². The average molecular weight is 495 g/mol. The highest BCUT2D eigenvalue weighted by molar-refractivity contribution is 6.00. The number of hydrogen-bond acceptors (Lipinski definition) is 3. The van der Waals surface area contributed by atoms with E-state index in [1.54, 1.807) is 12.5 Å². The van der Waals surface area contributed by atoms with Crippen LogP contribution in [-0.2, 0) is 14.3 Å². The van der Waals surface area contributed by atoms with E-state index in [-0.39, 0.29) is 33.7 Å². The minimum atomic E-state index is -0.141. The van der Waals surface area contributed by atoms with Crippen molar-refractivity contribution in [3.05, 3.63) is 23.8 Å². The summed E-state index contributed by atoms with van der Waals surface area (Å²) in [5.41, 5.74) is 3.37. The predicted octanol–water partition coefficient (Wildman–Crippen LogP) is 7.94. The second-order valence-electron chi connectivity index (χ2n) is 14.9. The fourth-order valence-electron chi connectivity index (χ4n) is 11.3. The van der Waals surface area contributed by atoms with Crippen LogP contribution in [0.5, 0.6) is 0 Å². The van der Waals surface area contributed by atoms with E-state index in [0.717, 1.165) is 12.8 Å². The van der Waals surface area contributed by atoms with Gasteiger partial charge >= 0.3 is 5.97 Å². The first-order valence-corrected chi connectivity index (χ1v) is 14.8. The number of Topliss-reactive ketones (excluding diaryl/α,β-unsaturated/α-hetero) is 1. The Hall–Kier alpha value is -1.38. The van der Waals surface area contributed by atoms with Crippen LogP contribution >= 0.6 is 0 Å². The Kier molecular flexibility index (Phi) is 6.05. The molecule has 0 bridgehead atoms. The molecule has 0 saturated heterocycles. The maximum Gasteiger partial charge on any atom is 0.302 e. The lowest BCUT2D eigenvalue weighted by Gasteiger charge is -2.72. The van der Waals surface area contributed by atoms with Crippen LogP contribution in [0.4, 0.5) is 0 Å². The number of carbonyl (C=O) groups excluding carboxylic acids is 2. The first kappa shape index (κ1) is 26.2. The zero-order valence-corrected chi connectivity index (χ0v) is 24.2. The second-order valence-corrected chi connectivity index (χ2v) is 14.9. The number of esters is 1. The van der Waals surface area contributed by atoms with Crippen LogP contribution in [0.3, 0.4) is 0 Å². The van der Waals surface area contributed by atoms with Gasteiger partial charge in [0.15, 0.2) is 5.78 Å². The summed E-state index contributed by atoms with van der Waals surface area (Å²) in [6.45, 7) is 22.8. The Bertz CT molecular complexity index is 1000. The van der Waals surface area contributed by atoms with Gasteiger partial charge in [-0.1, -0.05) is 60.1 Å². The average Bonchev–Trinajstić information content (AvgIpc) is 3.12. The minimum Gasteiger partial charge on any atom is -0.462 e. The van der Waals surface area contributed by atoms with Gasteiger partial charge in [0.2, 0.25) is 0 Å². The minimum absolute atomic E-state index is 0.00965. The topological polar surface area (TPSA) is 43.4 Å². The molecule has 0 N–H and O–H groups in total. The molecule has 1 unspecified atom stereocenters. The number of hydrogen-bond donors (Lipinski definition) is 0. The highest BCUT2D eigenvalue weighted by Gasteiger charge is 2.69. The third-order valence-corrected chi connectivity index (χ3v) is 13.0. The summed E-state index contributed by atoms with van der Waals surface area (Å²) >= 11 is 0. The lowest BCUT2D eigenvalue weighted by Crippen LogP contribution is -2.65. The molecule has 3 nitrogen and oxygen atoms in total. The molecule has 0 amide bonds. The molecule has 9 atom stereocenters.